The van der Waals surface area contributed by atoms with Gasteiger partial charge in [-0.25, -0.2) is 0 Å². The largest absolute Gasteiger partial charge is 0.298 e. The first-order chi connectivity index (χ1) is 7.38. The van der Waals surface area contributed by atoms with E-state index >= 15 is 0 Å². The van der Waals surface area contributed by atoms with Gasteiger partial charge in [0.1, 0.15) is 18.4 Å². The molecule has 0 aliphatic heterocycles. The Morgan fingerprint density at radius 1 is 1.60 bits per heavy atom. The van der Waals surface area contributed by atoms with Gasteiger partial charge in [-0.3, -0.25) is 4.79 Å². The minimum absolute atomic E-state index is 0.848. The van der Waals surface area contributed by atoms with Gasteiger partial charge < -0.3 is 0 Å². The standard InChI is InChI=1S/C13H15OS/c1-2-3-11-15-13(9-10-14)12-7-5-4-6-8-12/h4-5,7-10H,2-3,11H2,1H3/q+1. The summed E-state index contributed by atoms with van der Waals surface area (Å²) < 4.78 is 0. The maximum atomic E-state index is 10.5. The van der Waals surface area contributed by atoms with E-state index in [0.717, 1.165) is 22.5 Å². The topological polar surface area (TPSA) is 17.1 Å². The predicted molar refractivity (Wildman–Crippen MR) is 66.5 cm³/mol. The van der Waals surface area contributed by atoms with Crippen LogP contribution in [0.15, 0.2) is 40.9 Å². The second kappa shape index (κ2) is 7.22. The summed E-state index contributed by atoms with van der Waals surface area (Å²) in [5, 5.41) is 0. The van der Waals surface area contributed by atoms with Gasteiger partial charge in [0.05, 0.1) is 16.6 Å². The molecule has 15 heavy (non-hydrogen) atoms. The molecule has 1 rings (SSSR count). The van der Waals surface area contributed by atoms with Crippen LogP contribution < -0.4 is 0 Å². The highest BCUT2D eigenvalue weighted by molar-refractivity contribution is 8.03. The lowest BCUT2D eigenvalue weighted by molar-refractivity contribution is -0.104. The second-order valence-corrected chi connectivity index (χ2v) is 4.30. The number of carbonyl (C=O) groups excluding carboxylic acids is 1. The summed E-state index contributed by atoms with van der Waals surface area (Å²) in [5.74, 6) is 1.06. The Balaban J connectivity index is 2.62. The molecule has 78 valence electrons. The second-order valence-electron chi connectivity index (χ2n) is 3.16. The lowest BCUT2D eigenvalue weighted by Crippen LogP contribution is -1.88. The van der Waals surface area contributed by atoms with Gasteiger partial charge in [0.2, 0.25) is 0 Å². The third-order valence-corrected chi connectivity index (χ3v) is 3.14. The van der Waals surface area contributed by atoms with Gasteiger partial charge in [-0.1, -0.05) is 13.3 Å². The number of unbranched alkanes of at least 4 members (excludes halogenated alkanes) is 1. The van der Waals surface area contributed by atoms with Gasteiger partial charge in [0, 0.05) is 18.2 Å². The van der Waals surface area contributed by atoms with Crippen molar-refractivity contribution in [1.82, 2.24) is 0 Å². The number of hydrogen-bond acceptors (Lipinski definition) is 2. The van der Waals surface area contributed by atoms with Crippen LogP contribution in [0.4, 0.5) is 0 Å². The smallest absolute Gasteiger partial charge is 0.145 e. The highest BCUT2D eigenvalue weighted by Crippen LogP contribution is 2.26. The third-order valence-electron chi connectivity index (χ3n) is 1.97. The molecule has 0 aromatic heterocycles. The molecule has 0 atom stereocenters. The fourth-order valence-corrected chi connectivity index (χ4v) is 2.26. The summed E-state index contributed by atoms with van der Waals surface area (Å²) in [6.45, 7) is 2.17. The van der Waals surface area contributed by atoms with Crippen molar-refractivity contribution in [2.75, 3.05) is 5.75 Å². The maximum Gasteiger partial charge on any atom is 0.145 e. The average Bonchev–Trinajstić information content (AvgIpc) is 2.29. The van der Waals surface area contributed by atoms with E-state index in [1.165, 1.54) is 12.8 Å². The van der Waals surface area contributed by atoms with E-state index in [1.807, 2.05) is 24.3 Å². The van der Waals surface area contributed by atoms with Gasteiger partial charge in [0.25, 0.3) is 0 Å². The molecule has 1 nitrogen and oxygen atoms in total. The Hall–Kier alpha value is -1.11. The van der Waals surface area contributed by atoms with Crippen molar-refractivity contribution >= 4 is 18.0 Å². The van der Waals surface area contributed by atoms with Crippen LogP contribution in [0.5, 0.6) is 0 Å². The minimum Gasteiger partial charge on any atom is -0.298 e. The van der Waals surface area contributed by atoms with Crippen LogP contribution in [0.3, 0.4) is 0 Å². The zero-order valence-electron chi connectivity index (χ0n) is 8.90. The summed E-state index contributed by atoms with van der Waals surface area (Å²) >= 11 is 1.73. The van der Waals surface area contributed by atoms with Crippen LogP contribution in [0.2, 0.25) is 0 Å². The van der Waals surface area contributed by atoms with Crippen molar-refractivity contribution in [3.05, 3.63) is 46.9 Å². The van der Waals surface area contributed by atoms with E-state index in [-0.39, 0.29) is 0 Å². The lowest BCUT2D eigenvalue weighted by Gasteiger charge is -2.02. The highest BCUT2D eigenvalue weighted by Gasteiger charge is 2.10. The number of thioether (sulfide) groups is 1. The highest BCUT2D eigenvalue weighted by atomic mass is 32.2. The molecule has 1 aliphatic rings. The lowest BCUT2D eigenvalue weighted by atomic mass is 10.1. The molecular weight excluding hydrogens is 204 g/mol. The minimum atomic E-state index is 0.848. The monoisotopic (exact) mass is 219 g/mol. The van der Waals surface area contributed by atoms with Crippen molar-refractivity contribution in [3.63, 3.8) is 0 Å². The Labute approximate surface area is 95.6 Å². The third kappa shape index (κ3) is 4.28. The molecule has 2 heteroatoms. The molecule has 0 N–H and O–H groups in total. The predicted octanol–water partition coefficient (Wildman–Crippen LogP) is 3.46. The molecule has 0 spiro atoms. The van der Waals surface area contributed by atoms with Crippen LogP contribution in [-0.4, -0.2) is 12.0 Å². The normalized spacial score (nSPS) is 14.7. The van der Waals surface area contributed by atoms with E-state index in [1.54, 1.807) is 17.8 Å². The SMILES string of the molecule is CCCCSC(=CC=O)C1=CC=C[C+]=C1. The summed E-state index contributed by atoms with van der Waals surface area (Å²) in [7, 11) is 0. The van der Waals surface area contributed by atoms with Crippen LogP contribution in [0.1, 0.15) is 19.8 Å². The number of rotatable bonds is 6. The summed E-state index contributed by atoms with van der Waals surface area (Å²) in [5.41, 5.74) is 1.07. The van der Waals surface area contributed by atoms with Gasteiger partial charge in [-0.05, 0) is 12.2 Å². The summed E-state index contributed by atoms with van der Waals surface area (Å²) in [6.07, 6.45) is 15.6. The van der Waals surface area contributed by atoms with Crippen LogP contribution in [-0.2, 0) is 4.79 Å². The van der Waals surface area contributed by atoms with Crippen molar-refractivity contribution in [3.8, 4) is 0 Å². The van der Waals surface area contributed by atoms with Gasteiger partial charge >= 0.3 is 0 Å². The van der Waals surface area contributed by atoms with Gasteiger partial charge in [-0.15, -0.1) is 11.8 Å². The fraction of sp³-hybridized carbons (Fsp3) is 0.308. The first-order valence-corrected chi connectivity index (χ1v) is 6.11. The molecule has 1 aliphatic carbocycles. The van der Waals surface area contributed by atoms with E-state index in [0.29, 0.717) is 0 Å². The van der Waals surface area contributed by atoms with Crippen LogP contribution in [0, 0.1) is 6.08 Å². The van der Waals surface area contributed by atoms with Gasteiger partial charge in [0.15, 0.2) is 0 Å². The van der Waals surface area contributed by atoms with Crippen LogP contribution >= 0.6 is 11.8 Å². The van der Waals surface area contributed by atoms with Crippen molar-refractivity contribution in [2.45, 2.75) is 19.8 Å². The Bertz CT molecular complexity index is 321. The first-order valence-electron chi connectivity index (χ1n) is 5.13. The number of allylic oxidation sites excluding steroid dienone is 7. The van der Waals surface area contributed by atoms with E-state index < -0.39 is 0 Å². The zero-order valence-corrected chi connectivity index (χ0v) is 9.72. The van der Waals surface area contributed by atoms with Crippen LogP contribution in [0.25, 0.3) is 0 Å². The summed E-state index contributed by atoms with van der Waals surface area (Å²) in [6, 6.07) is 0. The maximum absolute atomic E-state index is 10.5. The molecule has 0 saturated heterocycles. The average molecular weight is 219 g/mol. The van der Waals surface area contributed by atoms with Crippen molar-refractivity contribution < 1.29 is 4.79 Å². The number of aldehydes is 1. The van der Waals surface area contributed by atoms with E-state index in [2.05, 4.69) is 13.0 Å². The molecule has 0 bridgehead atoms. The van der Waals surface area contributed by atoms with E-state index in [4.69, 9.17) is 0 Å². The molecule has 0 saturated carbocycles. The van der Waals surface area contributed by atoms with Crippen molar-refractivity contribution in [2.24, 2.45) is 0 Å². The zero-order chi connectivity index (χ0) is 10.9. The molecule has 0 radical (unpaired) electrons. The molecule has 0 aromatic carbocycles. The molecule has 0 fully saturated rings. The fourth-order valence-electron chi connectivity index (χ4n) is 1.16. The first kappa shape index (κ1) is 12.0. The Morgan fingerprint density at radius 3 is 3.07 bits per heavy atom. The Kier molecular flexibility index (Phi) is 5.76. The molecule has 0 amide bonds. The molecule has 0 heterocycles. The molecular formula is C13H15OS+. The number of carbonyl (C=O) groups is 1. The van der Waals surface area contributed by atoms with E-state index in [9.17, 15) is 4.79 Å². The molecule has 0 aromatic rings. The summed E-state index contributed by atoms with van der Waals surface area (Å²) in [4.78, 5) is 11.6. The quantitative estimate of drug-likeness (QED) is 0.294. The Morgan fingerprint density at radius 2 is 2.47 bits per heavy atom. The molecule has 0 unspecified atom stereocenters. The van der Waals surface area contributed by atoms with Crippen molar-refractivity contribution in [1.29, 1.82) is 0 Å². The van der Waals surface area contributed by atoms with Gasteiger partial charge in [-0.2, -0.15) is 0 Å². The number of hydrogen-bond donors (Lipinski definition) is 0.